The van der Waals surface area contributed by atoms with Crippen molar-refractivity contribution in [1.82, 2.24) is 4.98 Å². The lowest BCUT2D eigenvalue weighted by Crippen LogP contribution is -2.05. The summed E-state index contributed by atoms with van der Waals surface area (Å²) in [6.07, 6.45) is -2.64. The zero-order chi connectivity index (χ0) is 11.3. The van der Waals surface area contributed by atoms with Crippen LogP contribution in [0.5, 0.6) is 0 Å². The van der Waals surface area contributed by atoms with Gasteiger partial charge in [-0.05, 0) is 18.6 Å². The molecule has 0 aromatic carbocycles. The summed E-state index contributed by atoms with van der Waals surface area (Å²) in [7, 11) is 0. The number of pyridine rings is 1. The molecule has 0 unspecified atom stereocenters. The van der Waals surface area contributed by atoms with E-state index in [0.717, 1.165) is 18.3 Å². The van der Waals surface area contributed by atoms with Crippen LogP contribution in [-0.4, -0.2) is 22.5 Å². The molecule has 0 atom stereocenters. The second-order valence-corrected chi connectivity index (χ2v) is 3.92. The first kappa shape index (κ1) is 12.3. The standard InChI is InChI=1S/C9H10F3NOS/c10-9(11,12)7-2-3-13-8(6-7)15-5-1-4-14/h2-3,6,14H,1,4-5H2. The molecular weight excluding hydrogens is 227 g/mol. The summed E-state index contributed by atoms with van der Waals surface area (Å²) in [6, 6.07) is 1.96. The lowest BCUT2D eigenvalue weighted by Gasteiger charge is -2.07. The molecule has 0 radical (unpaired) electrons. The number of aromatic nitrogens is 1. The van der Waals surface area contributed by atoms with Crippen molar-refractivity contribution in [3.05, 3.63) is 23.9 Å². The Balaban J connectivity index is 2.66. The van der Waals surface area contributed by atoms with E-state index in [2.05, 4.69) is 4.98 Å². The fourth-order valence-corrected chi connectivity index (χ4v) is 1.73. The molecule has 0 spiro atoms. The molecule has 0 aliphatic heterocycles. The fraction of sp³-hybridized carbons (Fsp3) is 0.444. The Morgan fingerprint density at radius 1 is 1.40 bits per heavy atom. The van der Waals surface area contributed by atoms with Crippen molar-refractivity contribution in [2.45, 2.75) is 17.6 Å². The first-order valence-corrected chi connectivity index (χ1v) is 5.29. The van der Waals surface area contributed by atoms with Crippen LogP contribution in [0.3, 0.4) is 0 Å². The zero-order valence-corrected chi connectivity index (χ0v) is 8.61. The van der Waals surface area contributed by atoms with Crippen molar-refractivity contribution in [2.75, 3.05) is 12.4 Å². The van der Waals surface area contributed by atoms with Gasteiger partial charge >= 0.3 is 6.18 Å². The molecule has 1 heterocycles. The van der Waals surface area contributed by atoms with E-state index in [1.807, 2.05) is 0 Å². The average Bonchev–Trinajstić information content (AvgIpc) is 2.17. The lowest BCUT2D eigenvalue weighted by molar-refractivity contribution is -0.137. The van der Waals surface area contributed by atoms with E-state index >= 15 is 0 Å². The van der Waals surface area contributed by atoms with Gasteiger partial charge in [0.25, 0.3) is 0 Å². The molecule has 0 aliphatic carbocycles. The Kier molecular flexibility index (Phi) is 4.41. The maximum atomic E-state index is 12.3. The third-order valence-electron chi connectivity index (χ3n) is 1.61. The number of aliphatic hydroxyl groups is 1. The summed E-state index contributed by atoms with van der Waals surface area (Å²) in [6.45, 7) is 0.0337. The van der Waals surface area contributed by atoms with Crippen LogP contribution in [0.15, 0.2) is 23.4 Å². The van der Waals surface area contributed by atoms with Gasteiger partial charge in [-0.3, -0.25) is 0 Å². The predicted molar refractivity (Wildman–Crippen MR) is 51.7 cm³/mol. The molecule has 0 aliphatic rings. The van der Waals surface area contributed by atoms with Crippen LogP contribution >= 0.6 is 11.8 Å². The van der Waals surface area contributed by atoms with Crippen LogP contribution in [0, 0.1) is 0 Å². The Labute approximate surface area is 89.5 Å². The van der Waals surface area contributed by atoms with Crippen molar-refractivity contribution in [3.8, 4) is 0 Å². The molecule has 84 valence electrons. The third kappa shape index (κ3) is 4.09. The minimum Gasteiger partial charge on any atom is -0.396 e. The lowest BCUT2D eigenvalue weighted by atomic mass is 10.3. The van der Waals surface area contributed by atoms with Crippen LogP contribution in [-0.2, 0) is 6.18 Å². The second kappa shape index (κ2) is 5.37. The third-order valence-corrected chi connectivity index (χ3v) is 2.63. The molecule has 0 saturated heterocycles. The second-order valence-electron chi connectivity index (χ2n) is 2.81. The Morgan fingerprint density at radius 3 is 2.73 bits per heavy atom. The summed E-state index contributed by atoms with van der Waals surface area (Å²) in [4.78, 5) is 3.81. The molecule has 6 heteroatoms. The van der Waals surface area contributed by atoms with Crippen molar-refractivity contribution in [1.29, 1.82) is 0 Å². The van der Waals surface area contributed by atoms with Crippen molar-refractivity contribution in [2.24, 2.45) is 0 Å². The smallest absolute Gasteiger partial charge is 0.396 e. The zero-order valence-electron chi connectivity index (χ0n) is 7.79. The Bertz CT molecular complexity index is 316. The van der Waals surface area contributed by atoms with Gasteiger partial charge in [0.05, 0.1) is 10.6 Å². The van der Waals surface area contributed by atoms with E-state index in [1.165, 1.54) is 11.8 Å². The molecule has 1 aromatic heterocycles. The predicted octanol–water partition coefficient (Wildman–Crippen LogP) is 2.57. The number of aliphatic hydroxyl groups excluding tert-OH is 1. The molecule has 0 saturated carbocycles. The monoisotopic (exact) mass is 237 g/mol. The molecule has 2 nitrogen and oxygen atoms in total. The number of halogens is 3. The molecule has 0 bridgehead atoms. The van der Waals surface area contributed by atoms with Crippen molar-refractivity contribution < 1.29 is 18.3 Å². The SMILES string of the molecule is OCCCSc1cc(C(F)(F)F)ccn1. The van der Waals surface area contributed by atoms with Gasteiger partial charge in [0.1, 0.15) is 0 Å². The summed E-state index contributed by atoms with van der Waals surface area (Å²) in [5.41, 5.74) is -0.691. The summed E-state index contributed by atoms with van der Waals surface area (Å²) < 4.78 is 36.8. The quantitative estimate of drug-likeness (QED) is 0.645. The van der Waals surface area contributed by atoms with E-state index in [4.69, 9.17) is 5.11 Å². The van der Waals surface area contributed by atoms with Gasteiger partial charge in [0, 0.05) is 18.6 Å². The van der Waals surface area contributed by atoms with Gasteiger partial charge in [0.2, 0.25) is 0 Å². The minimum absolute atomic E-state index is 0.0337. The van der Waals surface area contributed by atoms with Crippen LogP contribution in [0.25, 0.3) is 0 Å². The highest BCUT2D eigenvalue weighted by atomic mass is 32.2. The van der Waals surface area contributed by atoms with Crippen LogP contribution in [0.1, 0.15) is 12.0 Å². The van der Waals surface area contributed by atoms with Gasteiger partial charge in [-0.2, -0.15) is 13.2 Å². The highest BCUT2D eigenvalue weighted by molar-refractivity contribution is 7.99. The topological polar surface area (TPSA) is 33.1 Å². The van der Waals surface area contributed by atoms with Gasteiger partial charge in [0.15, 0.2) is 0 Å². The molecule has 1 rings (SSSR count). The fourth-order valence-electron chi connectivity index (χ4n) is 0.906. The van der Waals surface area contributed by atoms with Crippen molar-refractivity contribution >= 4 is 11.8 Å². The van der Waals surface area contributed by atoms with E-state index in [1.54, 1.807) is 0 Å². The number of alkyl halides is 3. The number of nitrogens with zero attached hydrogens (tertiary/aromatic N) is 1. The Morgan fingerprint density at radius 2 is 2.13 bits per heavy atom. The van der Waals surface area contributed by atoms with Crippen molar-refractivity contribution in [3.63, 3.8) is 0 Å². The molecular formula is C9H10F3NOS. The van der Waals surface area contributed by atoms with Gasteiger partial charge in [-0.25, -0.2) is 4.98 Å². The van der Waals surface area contributed by atoms with Gasteiger partial charge in [-0.15, -0.1) is 11.8 Å². The van der Waals surface area contributed by atoms with E-state index in [0.29, 0.717) is 17.2 Å². The summed E-state index contributed by atoms with van der Waals surface area (Å²) in [5.74, 6) is 0.560. The highest BCUT2D eigenvalue weighted by Crippen LogP contribution is 2.30. The molecule has 1 N–H and O–H groups in total. The first-order valence-electron chi connectivity index (χ1n) is 4.31. The number of thioether (sulfide) groups is 1. The maximum Gasteiger partial charge on any atom is 0.416 e. The largest absolute Gasteiger partial charge is 0.416 e. The van der Waals surface area contributed by atoms with E-state index < -0.39 is 11.7 Å². The van der Waals surface area contributed by atoms with Crippen LogP contribution < -0.4 is 0 Å². The first-order chi connectivity index (χ1) is 7.04. The average molecular weight is 237 g/mol. The minimum atomic E-state index is -4.32. The molecule has 0 amide bonds. The van der Waals surface area contributed by atoms with Crippen LogP contribution in [0.4, 0.5) is 13.2 Å². The normalized spacial score (nSPS) is 11.7. The highest BCUT2D eigenvalue weighted by Gasteiger charge is 2.30. The van der Waals surface area contributed by atoms with E-state index in [-0.39, 0.29) is 6.61 Å². The summed E-state index contributed by atoms with van der Waals surface area (Å²) >= 11 is 1.20. The number of hydrogen-bond acceptors (Lipinski definition) is 3. The van der Waals surface area contributed by atoms with Gasteiger partial charge in [-0.1, -0.05) is 0 Å². The van der Waals surface area contributed by atoms with E-state index in [9.17, 15) is 13.2 Å². The number of rotatable bonds is 4. The maximum absolute atomic E-state index is 12.3. The summed E-state index contributed by atoms with van der Waals surface area (Å²) in [5, 5.41) is 8.85. The van der Waals surface area contributed by atoms with Gasteiger partial charge < -0.3 is 5.11 Å². The number of hydrogen-bond donors (Lipinski definition) is 1. The van der Waals surface area contributed by atoms with Crippen LogP contribution in [0.2, 0.25) is 0 Å². The molecule has 0 fully saturated rings. The molecule has 1 aromatic rings. The molecule has 15 heavy (non-hydrogen) atoms. The Hall–Kier alpha value is -0.750.